The molecule has 1 fully saturated rings. The first-order valence-electron chi connectivity index (χ1n) is 9.31. The number of para-hydroxylation sites is 2. The number of fused-ring (bicyclic) bond motifs is 1. The fourth-order valence-corrected chi connectivity index (χ4v) is 3.73. The Morgan fingerprint density at radius 3 is 2.67 bits per heavy atom. The van der Waals surface area contributed by atoms with E-state index in [2.05, 4.69) is 41.5 Å². The van der Waals surface area contributed by atoms with Crippen molar-refractivity contribution < 1.29 is 4.79 Å². The van der Waals surface area contributed by atoms with Crippen LogP contribution in [0.15, 0.2) is 73.3 Å². The Labute approximate surface area is 159 Å². The molecule has 0 saturated carbocycles. The molecule has 3 aromatic rings. The van der Waals surface area contributed by atoms with Crippen molar-refractivity contribution >= 4 is 23.0 Å². The van der Waals surface area contributed by atoms with Crippen molar-refractivity contribution in [2.24, 2.45) is 0 Å². The lowest BCUT2D eigenvalue weighted by Crippen LogP contribution is -2.25. The summed E-state index contributed by atoms with van der Waals surface area (Å²) in [6, 6.07) is 18.5. The third-order valence-electron chi connectivity index (χ3n) is 5.01. The number of rotatable bonds is 6. The van der Waals surface area contributed by atoms with E-state index in [1.165, 1.54) is 5.56 Å². The predicted octanol–water partition coefficient (Wildman–Crippen LogP) is 4.25. The van der Waals surface area contributed by atoms with Crippen molar-refractivity contribution in [3.63, 3.8) is 0 Å². The lowest BCUT2D eigenvalue weighted by atomic mass is 10.1. The molecule has 1 amide bonds. The molecule has 1 saturated heterocycles. The number of benzene rings is 2. The Morgan fingerprint density at radius 1 is 1.07 bits per heavy atom. The summed E-state index contributed by atoms with van der Waals surface area (Å²) in [5.41, 5.74) is 3.27. The van der Waals surface area contributed by atoms with Crippen LogP contribution in [-0.2, 0) is 11.3 Å². The molecule has 0 radical (unpaired) electrons. The minimum absolute atomic E-state index is 0.120. The highest BCUT2D eigenvalue weighted by Crippen LogP contribution is 2.30. The Hall–Kier alpha value is -3.14. The average Bonchev–Trinajstić information content (AvgIpc) is 3.24. The zero-order chi connectivity index (χ0) is 18.6. The van der Waals surface area contributed by atoms with Crippen LogP contribution in [0.25, 0.3) is 17.1 Å². The summed E-state index contributed by atoms with van der Waals surface area (Å²) in [7, 11) is 0. The summed E-state index contributed by atoms with van der Waals surface area (Å²) >= 11 is 0. The third-order valence-corrected chi connectivity index (χ3v) is 5.01. The second-order valence-electron chi connectivity index (χ2n) is 6.87. The average molecular weight is 357 g/mol. The summed E-state index contributed by atoms with van der Waals surface area (Å²) in [6.07, 6.45) is 6.58. The summed E-state index contributed by atoms with van der Waals surface area (Å²) in [5.74, 6) is 1.29. The third kappa shape index (κ3) is 3.56. The topological polar surface area (TPSA) is 38.1 Å². The normalized spacial score (nSPS) is 17.3. The maximum absolute atomic E-state index is 12.3. The molecule has 1 aliphatic rings. The number of likely N-dealkylation sites (tertiary alicyclic amines) is 1. The number of carbonyl (C=O) groups excluding carboxylic acids is 1. The van der Waals surface area contributed by atoms with Crippen LogP contribution in [-0.4, -0.2) is 33.4 Å². The second kappa shape index (κ2) is 7.62. The van der Waals surface area contributed by atoms with E-state index >= 15 is 0 Å². The van der Waals surface area contributed by atoms with Gasteiger partial charge in [0.05, 0.1) is 11.0 Å². The molecule has 2 aromatic carbocycles. The van der Waals surface area contributed by atoms with Crippen LogP contribution in [0.5, 0.6) is 0 Å². The molecule has 136 valence electrons. The van der Waals surface area contributed by atoms with E-state index in [1.54, 1.807) is 6.08 Å². The van der Waals surface area contributed by atoms with Crippen LogP contribution < -0.4 is 0 Å². The quantitative estimate of drug-likeness (QED) is 0.619. The number of hydrogen-bond donors (Lipinski definition) is 0. The number of aromatic nitrogens is 2. The number of imidazole rings is 1. The molecule has 2 heterocycles. The van der Waals surface area contributed by atoms with Crippen LogP contribution in [0.2, 0.25) is 0 Å². The summed E-state index contributed by atoms with van der Waals surface area (Å²) in [4.78, 5) is 19.0. The van der Waals surface area contributed by atoms with Gasteiger partial charge in [0.15, 0.2) is 0 Å². The lowest BCUT2D eigenvalue weighted by molar-refractivity contribution is -0.127. The first-order chi connectivity index (χ1) is 13.3. The molecule has 1 atom stereocenters. The second-order valence-corrected chi connectivity index (χ2v) is 6.87. The number of amides is 1. The van der Waals surface area contributed by atoms with E-state index in [1.807, 2.05) is 41.3 Å². The first-order valence-corrected chi connectivity index (χ1v) is 9.31. The first kappa shape index (κ1) is 17.3. The Bertz CT molecular complexity index is 987. The van der Waals surface area contributed by atoms with Crippen molar-refractivity contribution in [2.45, 2.75) is 18.9 Å². The fraction of sp³-hybridized carbons (Fsp3) is 0.217. The van der Waals surface area contributed by atoms with Gasteiger partial charge in [0.1, 0.15) is 5.82 Å². The van der Waals surface area contributed by atoms with Crippen molar-refractivity contribution in [2.75, 3.05) is 13.1 Å². The molecule has 1 aromatic heterocycles. The zero-order valence-corrected chi connectivity index (χ0v) is 15.3. The fourth-order valence-electron chi connectivity index (χ4n) is 3.73. The summed E-state index contributed by atoms with van der Waals surface area (Å²) < 4.78 is 2.24. The standard InChI is InChI=1S/C23H23N3O/c1-2-14-25-17-19(16-22(25)27)23-24-20-12-6-7-13-21(20)26(23)15-8-11-18-9-4-3-5-10-18/h2-13,19H,1,14-17H2/b11-8+. The van der Waals surface area contributed by atoms with E-state index in [0.717, 1.165) is 23.4 Å². The molecule has 0 bridgehead atoms. The molecule has 0 N–H and O–H groups in total. The van der Waals surface area contributed by atoms with Gasteiger partial charge < -0.3 is 9.47 Å². The molecule has 1 unspecified atom stereocenters. The molecule has 0 spiro atoms. The van der Waals surface area contributed by atoms with Gasteiger partial charge >= 0.3 is 0 Å². The van der Waals surface area contributed by atoms with Gasteiger partial charge in [-0.1, -0.05) is 60.7 Å². The monoisotopic (exact) mass is 357 g/mol. The van der Waals surface area contributed by atoms with Gasteiger partial charge in [0.2, 0.25) is 5.91 Å². The number of carbonyl (C=O) groups is 1. The molecule has 1 aliphatic heterocycles. The molecule has 4 heteroatoms. The van der Waals surface area contributed by atoms with Crippen molar-refractivity contribution in [1.82, 2.24) is 14.5 Å². The molecule has 4 rings (SSSR count). The maximum Gasteiger partial charge on any atom is 0.223 e. The van der Waals surface area contributed by atoms with Crippen LogP contribution in [0.1, 0.15) is 23.7 Å². The zero-order valence-electron chi connectivity index (χ0n) is 15.3. The van der Waals surface area contributed by atoms with E-state index in [-0.39, 0.29) is 11.8 Å². The van der Waals surface area contributed by atoms with Crippen LogP contribution in [0, 0.1) is 0 Å². The van der Waals surface area contributed by atoms with Gasteiger partial charge in [-0.05, 0) is 17.7 Å². The number of hydrogen-bond acceptors (Lipinski definition) is 2. The van der Waals surface area contributed by atoms with Crippen molar-refractivity contribution in [1.29, 1.82) is 0 Å². The number of allylic oxidation sites excluding steroid dienone is 1. The van der Waals surface area contributed by atoms with E-state index in [0.29, 0.717) is 19.5 Å². The van der Waals surface area contributed by atoms with Gasteiger partial charge in [-0.3, -0.25) is 4.79 Å². The number of nitrogens with zero attached hydrogens (tertiary/aromatic N) is 3. The summed E-state index contributed by atoms with van der Waals surface area (Å²) in [5, 5.41) is 0. The van der Waals surface area contributed by atoms with Crippen LogP contribution in [0.4, 0.5) is 0 Å². The smallest absolute Gasteiger partial charge is 0.223 e. The van der Waals surface area contributed by atoms with Gasteiger partial charge in [-0.2, -0.15) is 0 Å². The maximum atomic E-state index is 12.3. The SMILES string of the molecule is C=CCN1CC(c2nc3ccccc3n2C/C=C/c2ccccc2)CC1=O. The molecule has 0 aliphatic carbocycles. The van der Waals surface area contributed by atoms with Gasteiger partial charge in [0.25, 0.3) is 0 Å². The molecular formula is C23H23N3O. The summed E-state index contributed by atoms with van der Waals surface area (Å²) in [6.45, 7) is 5.79. The van der Waals surface area contributed by atoms with Gasteiger partial charge in [-0.25, -0.2) is 4.98 Å². The highest BCUT2D eigenvalue weighted by atomic mass is 16.2. The predicted molar refractivity (Wildman–Crippen MR) is 109 cm³/mol. The molecule has 27 heavy (non-hydrogen) atoms. The molecular weight excluding hydrogens is 334 g/mol. The van der Waals surface area contributed by atoms with Gasteiger partial charge in [0, 0.05) is 32.0 Å². The Balaban J connectivity index is 1.65. The Morgan fingerprint density at radius 2 is 1.85 bits per heavy atom. The van der Waals surface area contributed by atoms with E-state index in [9.17, 15) is 4.79 Å². The lowest BCUT2D eigenvalue weighted by Gasteiger charge is -2.15. The molecule has 4 nitrogen and oxygen atoms in total. The highest BCUT2D eigenvalue weighted by molar-refractivity contribution is 5.81. The largest absolute Gasteiger partial charge is 0.338 e. The minimum Gasteiger partial charge on any atom is -0.338 e. The Kier molecular flexibility index (Phi) is 4.88. The van der Waals surface area contributed by atoms with Gasteiger partial charge in [-0.15, -0.1) is 6.58 Å². The van der Waals surface area contributed by atoms with Crippen LogP contribution >= 0.6 is 0 Å². The van der Waals surface area contributed by atoms with Crippen molar-refractivity contribution in [3.8, 4) is 0 Å². The van der Waals surface area contributed by atoms with Crippen LogP contribution in [0.3, 0.4) is 0 Å². The van der Waals surface area contributed by atoms with Crippen molar-refractivity contribution in [3.05, 3.63) is 84.7 Å². The van der Waals surface area contributed by atoms with E-state index < -0.39 is 0 Å². The van der Waals surface area contributed by atoms with E-state index in [4.69, 9.17) is 4.98 Å². The minimum atomic E-state index is 0.120. The highest BCUT2D eigenvalue weighted by Gasteiger charge is 2.33.